The molecule has 0 fully saturated rings. The number of carbonyl (C=O) groups excluding carboxylic acids is 3. The molecule has 178 valence electrons. The number of nitrogens with two attached hydrogens (primary N) is 2. The van der Waals surface area contributed by atoms with Gasteiger partial charge in [-0.1, -0.05) is 61.9 Å². The second kappa shape index (κ2) is 10.9. The van der Waals surface area contributed by atoms with E-state index < -0.39 is 17.9 Å². The van der Waals surface area contributed by atoms with Crippen molar-refractivity contribution in [3.8, 4) is 0 Å². The summed E-state index contributed by atoms with van der Waals surface area (Å²) in [4.78, 5) is 40.5. The fourth-order valence-electron chi connectivity index (χ4n) is 3.46. The molecular weight excluding hydrogens is 450 g/mol. The highest BCUT2D eigenvalue weighted by Crippen LogP contribution is 2.33. The van der Waals surface area contributed by atoms with Crippen LogP contribution in [-0.4, -0.2) is 28.6 Å². The summed E-state index contributed by atoms with van der Waals surface area (Å²) in [6, 6.07) is 15.3. The lowest BCUT2D eigenvalue weighted by Crippen LogP contribution is -2.44. The molecule has 0 radical (unpaired) electrons. The fourth-order valence-corrected chi connectivity index (χ4v) is 4.20. The van der Waals surface area contributed by atoms with Crippen molar-refractivity contribution in [3.05, 3.63) is 76.3 Å². The first-order valence-corrected chi connectivity index (χ1v) is 11.8. The van der Waals surface area contributed by atoms with Crippen molar-refractivity contribution in [2.75, 3.05) is 17.2 Å². The van der Waals surface area contributed by atoms with Crippen molar-refractivity contribution in [2.24, 2.45) is 11.7 Å². The van der Waals surface area contributed by atoms with E-state index in [1.807, 2.05) is 37.3 Å². The SMILES string of the molecule is Cc1ccc([C@H](C(=O)NCCC(C)C)N(C(=O)c2snc(C(N)=O)c2N)c2ccccc2)cc1. The number of para-hydroxylation sites is 1. The molecule has 0 spiro atoms. The molecule has 1 atom stereocenters. The first-order chi connectivity index (χ1) is 16.2. The number of primary amides is 1. The number of hydrogen-bond donors (Lipinski definition) is 3. The number of aryl methyl sites for hydroxylation is 1. The van der Waals surface area contributed by atoms with Gasteiger partial charge in [0.25, 0.3) is 11.8 Å². The van der Waals surface area contributed by atoms with Gasteiger partial charge in [-0.15, -0.1) is 0 Å². The van der Waals surface area contributed by atoms with Gasteiger partial charge in [-0.3, -0.25) is 19.3 Å². The fraction of sp³-hybridized carbons (Fsp3) is 0.280. The number of anilines is 2. The second-order valence-corrected chi connectivity index (χ2v) is 9.21. The highest BCUT2D eigenvalue weighted by Gasteiger charge is 2.35. The molecule has 3 amide bonds. The molecule has 0 saturated heterocycles. The van der Waals surface area contributed by atoms with E-state index in [4.69, 9.17) is 11.5 Å². The summed E-state index contributed by atoms with van der Waals surface area (Å²) in [6.07, 6.45) is 0.801. The number of hydrogen-bond acceptors (Lipinski definition) is 6. The molecule has 0 saturated carbocycles. The van der Waals surface area contributed by atoms with Gasteiger partial charge in [-0.25, -0.2) is 0 Å². The normalized spacial score (nSPS) is 11.8. The van der Waals surface area contributed by atoms with Crippen molar-refractivity contribution in [1.29, 1.82) is 0 Å². The highest BCUT2D eigenvalue weighted by molar-refractivity contribution is 7.09. The van der Waals surface area contributed by atoms with Gasteiger partial charge >= 0.3 is 0 Å². The molecule has 1 aromatic heterocycles. The third-order valence-electron chi connectivity index (χ3n) is 5.33. The van der Waals surface area contributed by atoms with E-state index in [2.05, 4.69) is 23.5 Å². The minimum atomic E-state index is -0.971. The quantitative estimate of drug-likeness (QED) is 0.431. The summed E-state index contributed by atoms with van der Waals surface area (Å²) in [5.41, 5.74) is 13.3. The molecule has 34 heavy (non-hydrogen) atoms. The zero-order valence-electron chi connectivity index (χ0n) is 19.4. The van der Waals surface area contributed by atoms with Crippen LogP contribution in [0.25, 0.3) is 0 Å². The van der Waals surface area contributed by atoms with Gasteiger partial charge in [0, 0.05) is 12.2 Å². The van der Waals surface area contributed by atoms with Crippen molar-refractivity contribution in [3.63, 3.8) is 0 Å². The number of rotatable bonds is 9. The van der Waals surface area contributed by atoms with Gasteiger partial charge in [0.15, 0.2) is 5.69 Å². The van der Waals surface area contributed by atoms with Gasteiger partial charge in [0.2, 0.25) is 5.91 Å². The van der Waals surface area contributed by atoms with Crippen LogP contribution in [-0.2, 0) is 4.79 Å². The number of amides is 3. The molecule has 0 bridgehead atoms. The highest BCUT2D eigenvalue weighted by atomic mass is 32.1. The molecule has 9 heteroatoms. The Bertz CT molecular complexity index is 1160. The second-order valence-electron chi connectivity index (χ2n) is 8.44. The summed E-state index contributed by atoms with van der Waals surface area (Å²) in [6.45, 7) is 6.58. The molecular formula is C25H29N5O3S. The number of nitrogens with zero attached hydrogens (tertiary/aromatic N) is 2. The van der Waals surface area contributed by atoms with Crippen molar-refractivity contribution in [2.45, 2.75) is 33.2 Å². The number of carbonyl (C=O) groups is 3. The molecule has 0 aliphatic heterocycles. The summed E-state index contributed by atoms with van der Waals surface area (Å²) < 4.78 is 3.96. The summed E-state index contributed by atoms with van der Waals surface area (Å²) in [7, 11) is 0. The van der Waals surface area contributed by atoms with E-state index >= 15 is 0 Å². The minimum Gasteiger partial charge on any atom is -0.395 e. The van der Waals surface area contributed by atoms with Crippen LogP contribution in [0.2, 0.25) is 0 Å². The van der Waals surface area contributed by atoms with E-state index in [-0.39, 0.29) is 22.2 Å². The van der Waals surface area contributed by atoms with Crippen molar-refractivity contribution < 1.29 is 14.4 Å². The van der Waals surface area contributed by atoms with Crippen LogP contribution < -0.4 is 21.7 Å². The number of benzene rings is 2. The number of nitrogens with one attached hydrogen (secondary N) is 1. The molecule has 3 aromatic rings. The van der Waals surface area contributed by atoms with Crippen LogP contribution in [0.5, 0.6) is 0 Å². The van der Waals surface area contributed by atoms with Crippen LogP contribution in [0.4, 0.5) is 11.4 Å². The van der Waals surface area contributed by atoms with E-state index in [0.29, 0.717) is 23.7 Å². The van der Waals surface area contributed by atoms with E-state index in [0.717, 1.165) is 23.5 Å². The van der Waals surface area contributed by atoms with Gasteiger partial charge < -0.3 is 16.8 Å². The van der Waals surface area contributed by atoms with Gasteiger partial charge in [-0.2, -0.15) is 4.37 Å². The lowest BCUT2D eigenvalue weighted by atomic mass is 10.0. The first kappa shape index (κ1) is 24.9. The lowest BCUT2D eigenvalue weighted by Gasteiger charge is -2.31. The first-order valence-electron chi connectivity index (χ1n) is 11.0. The Morgan fingerprint density at radius 2 is 1.71 bits per heavy atom. The minimum absolute atomic E-state index is 0.0461. The summed E-state index contributed by atoms with van der Waals surface area (Å²) in [5, 5.41) is 2.97. The zero-order valence-corrected chi connectivity index (χ0v) is 20.3. The summed E-state index contributed by atoms with van der Waals surface area (Å²) in [5.74, 6) is -1.27. The topological polar surface area (TPSA) is 131 Å². The third-order valence-corrected chi connectivity index (χ3v) is 6.18. The number of aromatic nitrogens is 1. The van der Waals surface area contributed by atoms with Gasteiger partial charge in [0.05, 0.1) is 5.69 Å². The molecule has 8 nitrogen and oxygen atoms in total. The zero-order chi connectivity index (χ0) is 24.8. The van der Waals surface area contributed by atoms with Gasteiger partial charge in [0.1, 0.15) is 10.9 Å². The van der Waals surface area contributed by atoms with Crippen LogP contribution in [0.15, 0.2) is 54.6 Å². The summed E-state index contributed by atoms with van der Waals surface area (Å²) >= 11 is 0.785. The van der Waals surface area contributed by atoms with E-state index in [9.17, 15) is 14.4 Å². The standard InChI is InChI=1S/C25H29N5O3S/c1-15(2)13-14-28-24(32)21(17-11-9-16(3)10-12-17)30(18-7-5-4-6-8-18)25(33)22-19(26)20(23(27)31)29-34-22/h4-12,15,21H,13-14,26H2,1-3H3,(H2,27,31)(H,28,32)/t21-/m1/s1. The van der Waals surface area contributed by atoms with Crippen molar-refractivity contribution >= 4 is 40.6 Å². The maximum atomic E-state index is 13.9. The molecule has 5 N–H and O–H groups in total. The third kappa shape index (κ3) is 5.60. The molecule has 0 unspecified atom stereocenters. The Morgan fingerprint density at radius 1 is 1.06 bits per heavy atom. The predicted octanol–water partition coefficient (Wildman–Crippen LogP) is 3.68. The van der Waals surface area contributed by atoms with E-state index in [1.165, 1.54) is 4.90 Å². The lowest BCUT2D eigenvalue weighted by molar-refractivity contribution is -0.122. The average Bonchev–Trinajstić information content (AvgIpc) is 3.19. The maximum absolute atomic E-state index is 13.9. The van der Waals surface area contributed by atoms with Crippen molar-refractivity contribution in [1.82, 2.24) is 9.69 Å². The monoisotopic (exact) mass is 479 g/mol. The predicted molar refractivity (Wildman–Crippen MR) is 135 cm³/mol. The molecule has 0 aliphatic carbocycles. The molecule has 3 rings (SSSR count). The van der Waals surface area contributed by atoms with Crippen LogP contribution in [0.3, 0.4) is 0 Å². The Kier molecular flexibility index (Phi) is 8.01. The van der Waals surface area contributed by atoms with Gasteiger partial charge in [-0.05, 0) is 48.5 Å². The average molecular weight is 480 g/mol. The van der Waals surface area contributed by atoms with Crippen LogP contribution >= 0.6 is 11.5 Å². The molecule has 2 aromatic carbocycles. The maximum Gasteiger partial charge on any atom is 0.273 e. The largest absolute Gasteiger partial charge is 0.395 e. The number of nitrogen functional groups attached to an aromatic ring is 1. The van der Waals surface area contributed by atoms with E-state index in [1.54, 1.807) is 24.3 Å². The Hall–Kier alpha value is -3.72. The van der Waals surface area contributed by atoms with Crippen LogP contribution in [0, 0.1) is 12.8 Å². The Labute approximate surface area is 203 Å². The Morgan fingerprint density at radius 3 is 2.26 bits per heavy atom. The molecule has 1 heterocycles. The Balaban J connectivity index is 2.12. The smallest absolute Gasteiger partial charge is 0.273 e. The van der Waals surface area contributed by atoms with Crippen LogP contribution in [0.1, 0.15) is 57.6 Å². The molecule has 0 aliphatic rings.